The van der Waals surface area contributed by atoms with Crippen molar-refractivity contribution in [3.05, 3.63) is 59.8 Å². The molecule has 1 aromatic carbocycles. The number of fused-ring (bicyclic) bond motifs is 1. The quantitative estimate of drug-likeness (QED) is 0.605. The van der Waals surface area contributed by atoms with E-state index in [1.165, 1.54) is 39.7 Å². The zero-order valence-electron chi connectivity index (χ0n) is 16.2. The maximum Gasteiger partial charge on any atom is 0.297 e. The van der Waals surface area contributed by atoms with Crippen molar-refractivity contribution in [2.24, 2.45) is 0 Å². The second-order valence-electron chi connectivity index (χ2n) is 7.01. The van der Waals surface area contributed by atoms with E-state index >= 15 is 0 Å². The van der Waals surface area contributed by atoms with E-state index in [1.54, 1.807) is 0 Å². The Labute approximate surface area is 176 Å². The largest absolute Gasteiger partial charge is 0.337 e. The maximum absolute atomic E-state index is 13.1. The van der Waals surface area contributed by atoms with Crippen LogP contribution in [0.2, 0.25) is 0 Å². The molecule has 12 heteroatoms. The van der Waals surface area contributed by atoms with Crippen molar-refractivity contribution < 1.29 is 26.4 Å². The Morgan fingerprint density at radius 2 is 1.71 bits per heavy atom. The minimum atomic E-state index is -3.83. The van der Waals surface area contributed by atoms with Gasteiger partial charge in [0.2, 0.25) is 15.8 Å². The van der Waals surface area contributed by atoms with E-state index in [2.05, 4.69) is 10.2 Å². The summed E-state index contributed by atoms with van der Waals surface area (Å²) in [6, 6.07) is 7.46. The molecule has 4 rings (SSSR count). The first-order valence-electron chi connectivity index (χ1n) is 9.45. The maximum atomic E-state index is 13.1. The third kappa shape index (κ3) is 4.12. The lowest BCUT2D eigenvalue weighted by Gasteiger charge is -2.22. The second-order valence-corrected chi connectivity index (χ2v) is 8.95. The summed E-state index contributed by atoms with van der Waals surface area (Å²) in [6.07, 6.45) is -1.19. The van der Waals surface area contributed by atoms with Crippen LogP contribution in [0.1, 0.15) is 29.0 Å². The first-order valence-corrected chi connectivity index (χ1v) is 10.9. The molecule has 1 fully saturated rings. The van der Waals surface area contributed by atoms with Gasteiger partial charge in [0.1, 0.15) is 5.82 Å². The van der Waals surface area contributed by atoms with Gasteiger partial charge in [-0.2, -0.15) is 4.31 Å². The number of hydrogen-bond acceptors (Lipinski definition) is 5. The van der Waals surface area contributed by atoms with Crippen LogP contribution in [0.4, 0.5) is 13.2 Å². The van der Waals surface area contributed by atoms with E-state index < -0.39 is 34.0 Å². The van der Waals surface area contributed by atoms with Crippen molar-refractivity contribution in [1.29, 1.82) is 0 Å². The first-order chi connectivity index (χ1) is 14.8. The molecule has 0 N–H and O–H groups in total. The van der Waals surface area contributed by atoms with E-state index in [4.69, 9.17) is 0 Å². The van der Waals surface area contributed by atoms with Crippen LogP contribution < -0.4 is 0 Å². The van der Waals surface area contributed by atoms with Gasteiger partial charge in [0, 0.05) is 32.4 Å². The SMILES string of the molecule is O=C(c1ccc2nnc(C(F)F)n2c1)N1CCCN(S(=O)(=O)c2ccc(F)cc2)CC1. The van der Waals surface area contributed by atoms with Gasteiger partial charge in [0.15, 0.2) is 5.65 Å². The van der Waals surface area contributed by atoms with Crippen LogP contribution in [-0.2, 0) is 10.0 Å². The summed E-state index contributed by atoms with van der Waals surface area (Å²) >= 11 is 0. The monoisotopic (exact) mass is 453 g/mol. The minimum absolute atomic E-state index is 0.0220. The molecule has 1 amide bonds. The lowest BCUT2D eigenvalue weighted by atomic mass is 10.2. The van der Waals surface area contributed by atoms with Crippen LogP contribution in [0.25, 0.3) is 5.65 Å². The molecule has 0 aliphatic carbocycles. The summed E-state index contributed by atoms with van der Waals surface area (Å²) in [5.74, 6) is -1.50. The van der Waals surface area contributed by atoms with E-state index in [-0.39, 0.29) is 35.7 Å². The number of alkyl halides is 2. The standard InChI is InChI=1S/C19H18F3N5O3S/c20-14-3-5-15(6-4-14)31(29,30)26-9-1-8-25(10-11-26)19(28)13-2-7-16-23-24-18(17(21)22)27(16)12-13/h2-7,12,17H,1,8-11H2. The number of carbonyl (C=O) groups is 1. The van der Waals surface area contributed by atoms with Gasteiger partial charge in [-0.25, -0.2) is 21.6 Å². The Hall–Kier alpha value is -2.99. The molecule has 164 valence electrons. The van der Waals surface area contributed by atoms with Crippen LogP contribution in [0.15, 0.2) is 47.5 Å². The van der Waals surface area contributed by atoms with Crippen molar-refractivity contribution in [3.8, 4) is 0 Å². The molecule has 3 aromatic rings. The summed E-state index contributed by atoms with van der Waals surface area (Å²) in [6.45, 7) is 0.684. The van der Waals surface area contributed by atoms with E-state index in [0.29, 0.717) is 13.0 Å². The zero-order chi connectivity index (χ0) is 22.2. The van der Waals surface area contributed by atoms with Crippen LogP contribution in [0, 0.1) is 5.82 Å². The van der Waals surface area contributed by atoms with Gasteiger partial charge in [-0.05, 0) is 42.8 Å². The van der Waals surface area contributed by atoms with Crippen molar-refractivity contribution in [3.63, 3.8) is 0 Å². The van der Waals surface area contributed by atoms with Crippen molar-refractivity contribution in [2.75, 3.05) is 26.2 Å². The molecular weight excluding hydrogens is 435 g/mol. The molecule has 1 aliphatic heterocycles. The predicted octanol–water partition coefficient (Wildman–Crippen LogP) is 2.34. The number of rotatable bonds is 4. The van der Waals surface area contributed by atoms with E-state index in [0.717, 1.165) is 16.5 Å². The molecule has 3 heterocycles. The highest BCUT2D eigenvalue weighted by Gasteiger charge is 2.29. The number of pyridine rings is 1. The fourth-order valence-corrected chi connectivity index (χ4v) is 4.93. The highest BCUT2D eigenvalue weighted by molar-refractivity contribution is 7.89. The summed E-state index contributed by atoms with van der Waals surface area (Å²) in [7, 11) is -3.83. The summed E-state index contributed by atoms with van der Waals surface area (Å²) in [4.78, 5) is 14.4. The van der Waals surface area contributed by atoms with Gasteiger partial charge in [0.25, 0.3) is 12.3 Å². The lowest BCUT2D eigenvalue weighted by Crippen LogP contribution is -2.37. The Morgan fingerprint density at radius 1 is 0.968 bits per heavy atom. The highest BCUT2D eigenvalue weighted by atomic mass is 32.2. The Bertz CT molecular complexity index is 1210. The smallest absolute Gasteiger partial charge is 0.297 e. The molecule has 2 aromatic heterocycles. The average molecular weight is 453 g/mol. The minimum Gasteiger partial charge on any atom is -0.337 e. The molecule has 0 saturated carbocycles. The van der Waals surface area contributed by atoms with Gasteiger partial charge in [-0.1, -0.05) is 0 Å². The van der Waals surface area contributed by atoms with Crippen molar-refractivity contribution in [1.82, 2.24) is 23.8 Å². The van der Waals surface area contributed by atoms with E-state index in [1.807, 2.05) is 0 Å². The molecule has 0 radical (unpaired) electrons. The number of carbonyl (C=O) groups excluding carboxylic acids is 1. The summed E-state index contributed by atoms with van der Waals surface area (Å²) in [5.41, 5.74) is 0.364. The summed E-state index contributed by atoms with van der Waals surface area (Å²) in [5, 5.41) is 7.09. The average Bonchev–Trinajstić information content (AvgIpc) is 3.01. The molecule has 1 saturated heterocycles. The number of amides is 1. The molecule has 0 atom stereocenters. The third-order valence-electron chi connectivity index (χ3n) is 5.06. The first kappa shape index (κ1) is 21.2. The molecule has 0 unspecified atom stereocenters. The predicted molar refractivity (Wildman–Crippen MR) is 104 cm³/mol. The van der Waals surface area contributed by atoms with Gasteiger partial charge < -0.3 is 4.90 Å². The summed E-state index contributed by atoms with van der Waals surface area (Å²) < 4.78 is 67.3. The van der Waals surface area contributed by atoms with Gasteiger partial charge in [0.05, 0.1) is 10.5 Å². The second kappa shape index (κ2) is 8.27. The molecule has 0 spiro atoms. The lowest BCUT2D eigenvalue weighted by molar-refractivity contribution is 0.0763. The van der Waals surface area contributed by atoms with Gasteiger partial charge >= 0.3 is 0 Å². The number of nitrogens with zero attached hydrogens (tertiary/aromatic N) is 5. The van der Waals surface area contributed by atoms with Crippen LogP contribution >= 0.6 is 0 Å². The highest BCUT2D eigenvalue weighted by Crippen LogP contribution is 2.21. The number of hydrogen-bond donors (Lipinski definition) is 0. The Morgan fingerprint density at radius 3 is 2.42 bits per heavy atom. The van der Waals surface area contributed by atoms with Crippen LogP contribution in [0.5, 0.6) is 0 Å². The normalized spacial score (nSPS) is 16.1. The molecular formula is C19H18F3N5O3S. The number of benzene rings is 1. The van der Waals surface area contributed by atoms with Crippen LogP contribution in [0.3, 0.4) is 0 Å². The molecule has 1 aliphatic rings. The fraction of sp³-hybridized carbons (Fsp3) is 0.316. The number of aromatic nitrogens is 3. The zero-order valence-corrected chi connectivity index (χ0v) is 17.0. The van der Waals surface area contributed by atoms with Crippen molar-refractivity contribution in [2.45, 2.75) is 17.7 Å². The number of sulfonamides is 1. The van der Waals surface area contributed by atoms with E-state index in [9.17, 15) is 26.4 Å². The molecule has 31 heavy (non-hydrogen) atoms. The van der Waals surface area contributed by atoms with Crippen molar-refractivity contribution >= 4 is 21.6 Å². The Kier molecular flexibility index (Phi) is 5.67. The van der Waals surface area contributed by atoms with Gasteiger partial charge in [-0.3, -0.25) is 9.20 Å². The third-order valence-corrected chi connectivity index (χ3v) is 6.98. The van der Waals surface area contributed by atoms with Gasteiger partial charge in [-0.15, -0.1) is 10.2 Å². The molecule has 8 nitrogen and oxygen atoms in total. The Balaban J connectivity index is 1.52. The van der Waals surface area contributed by atoms with Crippen LogP contribution in [-0.4, -0.2) is 64.3 Å². The fourth-order valence-electron chi connectivity index (χ4n) is 3.46. The molecule has 0 bridgehead atoms. The topological polar surface area (TPSA) is 87.9 Å². The number of halogens is 3.